The molecule has 2 heterocycles. The minimum atomic E-state index is -0.467. The second-order valence-electron chi connectivity index (χ2n) is 5.62. The molecule has 0 aliphatic carbocycles. The summed E-state index contributed by atoms with van der Waals surface area (Å²) >= 11 is 0. The highest BCUT2D eigenvalue weighted by Gasteiger charge is 2.61. The maximum atomic E-state index is 12.4. The highest BCUT2D eigenvalue weighted by Crippen LogP contribution is 2.38. The number of nitrogens with one attached hydrogen (secondary N) is 1. The zero-order valence-corrected chi connectivity index (χ0v) is 11.2. The van der Waals surface area contributed by atoms with Crippen LogP contribution in [-0.4, -0.2) is 36.4 Å². The summed E-state index contributed by atoms with van der Waals surface area (Å²) in [5, 5.41) is 3.24. The molecule has 0 saturated carbocycles. The van der Waals surface area contributed by atoms with Gasteiger partial charge in [0, 0.05) is 12.5 Å². The summed E-state index contributed by atoms with van der Waals surface area (Å²) in [6.45, 7) is 9.43. The van der Waals surface area contributed by atoms with Crippen LogP contribution in [0, 0.1) is 5.92 Å². The average Bonchev–Trinajstić information content (AvgIpc) is 2.77. The van der Waals surface area contributed by atoms with Crippen LogP contribution >= 0.6 is 0 Å². The predicted molar refractivity (Wildman–Crippen MR) is 64.7 cm³/mol. The third kappa shape index (κ3) is 1.97. The first-order chi connectivity index (χ1) is 7.97. The smallest absolute Gasteiger partial charge is 0.328 e. The summed E-state index contributed by atoms with van der Waals surface area (Å²) in [5.74, 6) is 0.147. The first-order valence-electron chi connectivity index (χ1n) is 6.56. The van der Waals surface area contributed by atoms with Gasteiger partial charge in [-0.05, 0) is 19.3 Å². The Hall–Kier alpha value is -0.610. The van der Waals surface area contributed by atoms with Gasteiger partial charge in [-0.25, -0.2) is 4.79 Å². The zero-order chi connectivity index (χ0) is 12.7. The third-order valence-corrected chi connectivity index (χ3v) is 4.32. The van der Waals surface area contributed by atoms with Gasteiger partial charge in [0.1, 0.15) is 11.1 Å². The van der Waals surface area contributed by atoms with Gasteiger partial charge in [0.15, 0.2) is 0 Å². The van der Waals surface area contributed by atoms with Crippen molar-refractivity contribution in [2.24, 2.45) is 5.92 Å². The molecule has 2 saturated heterocycles. The fraction of sp³-hybridized carbons (Fsp3) is 0.923. The standard InChI is InChI=1S/C13H23NO3/c1-5-12(6-7-16-8-12)17-11(15)13(9(2)3)10(4)14-13/h9-10,14H,5-8H2,1-4H3. The summed E-state index contributed by atoms with van der Waals surface area (Å²) in [7, 11) is 0. The Bertz CT molecular complexity index is 310. The lowest BCUT2D eigenvalue weighted by molar-refractivity contribution is -0.165. The topological polar surface area (TPSA) is 57.5 Å². The molecular formula is C13H23NO3. The molecule has 0 radical (unpaired) electrons. The molecule has 3 atom stereocenters. The van der Waals surface area contributed by atoms with Crippen LogP contribution < -0.4 is 5.32 Å². The second kappa shape index (κ2) is 4.25. The van der Waals surface area contributed by atoms with Gasteiger partial charge in [-0.2, -0.15) is 0 Å². The molecule has 3 unspecified atom stereocenters. The lowest BCUT2D eigenvalue weighted by Crippen LogP contribution is -2.44. The van der Waals surface area contributed by atoms with Crippen LogP contribution in [0.25, 0.3) is 0 Å². The summed E-state index contributed by atoms with van der Waals surface area (Å²) in [4.78, 5) is 12.4. The van der Waals surface area contributed by atoms with Crippen molar-refractivity contribution in [1.82, 2.24) is 5.32 Å². The van der Waals surface area contributed by atoms with Gasteiger partial charge in [-0.3, -0.25) is 5.32 Å². The number of rotatable bonds is 4. The Morgan fingerprint density at radius 1 is 1.59 bits per heavy atom. The van der Waals surface area contributed by atoms with Crippen molar-refractivity contribution < 1.29 is 14.3 Å². The maximum absolute atomic E-state index is 12.4. The Labute approximate surface area is 103 Å². The van der Waals surface area contributed by atoms with Crippen molar-refractivity contribution in [3.05, 3.63) is 0 Å². The Morgan fingerprint density at radius 2 is 2.24 bits per heavy atom. The largest absolute Gasteiger partial charge is 0.455 e. The molecule has 0 bridgehead atoms. The summed E-state index contributed by atoms with van der Waals surface area (Å²) in [6, 6.07) is 0.214. The summed E-state index contributed by atoms with van der Waals surface area (Å²) in [5.41, 5.74) is -0.853. The molecule has 1 N–H and O–H groups in total. The maximum Gasteiger partial charge on any atom is 0.328 e. The van der Waals surface area contributed by atoms with Crippen LogP contribution in [0.15, 0.2) is 0 Å². The molecule has 98 valence electrons. The third-order valence-electron chi connectivity index (χ3n) is 4.32. The van der Waals surface area contributed by atoms with E-state index in [4.69, 9.17) is 9.47 Å². The molecule has 4 heteroatoms. The molecule has 2 fully saturated rings. The SMILES string of the molecule is CCC1(OC(=O)C2(C(C)C)NC2C)CCOC1. The van der Waals surface area contributed by atoms with Gasteiger partial charge in [-0.1, -0.05) is 20.8 Å². The van der Waals surface area contributed by atoms with Crippen LogP contribution in [0.2, 0.25) is 0 Å². The lowest BCUT2D eigenvalue weighted by Gasteiger charge is -2.29. The van der Waals surface area contributed by atoms with E-state index in [2.05, 4.69) is 19.2 Å². The molecule has 2 rings (SSSR count). The van der Waals surface area contributed by atoms with Crippen LogP contribution in [-0.2, 0) is 14.3 Å². The van der Waals surface area contributed by atoms with Crippen molar-refractivity contribution in [2.75, 3.05) is 13.2 Å². The Morgan fingerprint density at radius 3 is 2.59 bits per heavy atom. The van der Waals surface area contributed by atoms with E-state index in [1.54, 1.807) is 0 Å². The molecule has 0 spiro atoms. The highest BCUT2D eigenvalue weighted by molar-refractivity contribution is 5.86. The van der Waals surface area contributed by atoms with E-state index in [9.17, 15) is 4.79 Å². The number of ether oxygens (including phenoxy) is 2. The number of carbonyl (C=O) groups excluding carboxylic acids is 1. The van der Waals surface area contributed by atoms with E-state index < -0.39 is 5.54 Å². The number of hydrogen-bond acceptors (Lipinski definition) is 4. The van der Waals surface area contributed by atoms with E-state index in [0.717, 1.165) is 12.8 Å². The van der Waals surface area contributed by atoms with Crippen molar-refractivity contribution in [2.45, 2.75) is 57.7 Å². The Balaban J connectivity index is 2.06. The summed E-state index contributed by atoms with van der Waals surface area (Å²) in [6.07, 6.45) is 1.64. The van der Waals surface area contributed by atoms with Gasteiger partial charge in [0.05, 0.1) is 13.2 Å². The van der Waals surface area contributed by atoms with E-state index in [0.29, 0.717) is 13.2 Å². The molecule has 0 aromatic rings. The van der Waals surface area contributed by atoms with E-state index >= 15 is 0 Å². The van der Waals surface area contributed by atoms with Gasteiger partial charge in [-0.15, -0.1) is 0 Å². The van der Waals surface area contributed by atoms with Crippen molar-refractivity contribution >= 4 is 5.97 Å². The molecule has 0 aromatic carbocycles. The number of hydrogen-bond donors (Lipinski definition) is 1. The normalized spacial score (nSPS) is 40.6. The fourth-order valence-electron chi connectivity index (χ4n) is 2.76. The minimum absolute atomic E-state index is 0.104. The molecule has 0 amide bonds. The lowest BCUT2D eigenvalue weighted by atomic mass is 9.91. The molecule has 2 aliphatic rings. The van der Waals surface area contributed by atoms with Gasteiger partial charge >= 0.3 is 5.97 Å². The van der Waals surface area contributed by atoms with Crippen LogP contribution in [0.5, 0.6) is 0 Å². The molecule has 0 aromatic heterocycles. The van der Waals surface area contributed by atoms with E-state index in [-0.39, 0.29) is 23.5 Å². The fourth-order valence-corrected chi connectivity index (χ4v) is 2.76. The molecule has 4 nitrogen and oxygen atoms in total. The van der Waals surface area contributed by atoms with Crippen LogP contribution in [0.4, 0.5) is 0 Å². The number of carbonyl (C=O) groups is 1. The predicted octanol–water partition coefficient (Wildman–Crippen LogP) is 1.49. The van der Waals surface area contributed by atoms with Crippen LogP contribution in [0.3, 0.4) is 0 Å². The zero-order valence-electron chi connectivity index (χ0n) is 11.2. The second-order valence-corrected chi connectivity index (χ2v) is 5.62. The van der Waals surface area contributed by atoms with Gasteiger partial charge in [0.2, 0.25) is 0 Å². The van der Waals surface area contributed by atoms with Crippen LogP contribution in [0.1, 0.15) is 40.5 Å². The molecule has 17 heavy (non-hydrogen) atoms. The quantitative estimate of drug-likeness (QED) is 0.598. The van der Waals surface area contributed by atoms with E-state index in [1.807, 2.05) is 13.8 Å². The number of esters is 1. The first-order valence-corrected chi connectivity index (χ1v) is 6.56. The van der Waals surface area contributed by atoms with Gasteiger partial charge in [0.25, 0.3) is 0 Å². The van der Waals surface area contributed by atoms with Crippen molar-refractivity contribution in [3.63, 3.8) is 0 Å². The first kappa shape index (κ1) is 12.8. The molecule has 2 aliphatic heterocycles. The highest BCUT2D eigenvalue weighted by atomic mass is 16.6. The Kier molecular flexibility index (Phi) is 3.21. The monoisotopic (exact) mass is 241 g/mol. The molecular weight excluding hydrogens is 218 g/mol. The minimum Gasteiger partial charge on any atom is -0.455 e. The van der Waals surface area contributed by atoms with Crippen molar-refractivity contribution in [3.8, 4) is 0 Å². The van der Waals surface area contributed by atoms with Gasteiger partial charge < -0.3 is 9.47 Å². The average molecular weight is 241 g/mol. The summed E-state index contributed by atoms with van der Waals surface area (Å²) < 4.78 is 11.2. The van der Waals surface area contributed by atoms with E-state index in [1.165, 1.54) is 0 Å². The van der Waals surface area contributed by atoms with Crippen molar-refractivity contribution in [1.29, 1.82) is 0 Å².